The summed E-state index contributed by atoms with van der Waals surface area (Å²) in [5, 5.41) is 11.0. The van der Waals surface area contributed by atoms with Gasteiger partial charge in [0.15, 0.2) is 0 Å². The quantitative estimate of drug-likeness (QED) is 0.923. The van der Waals surface area contributed by atoms with Crippen LogP contribution < -0.4 is 0 Å². The molecule has 0 unspecified atom stereocenters. The zero-order chi connectivity index (χ0) is 16.7. The molecule has 1 amide bonds. The molecule has 3 aliphatic rings. The van der Waals surface area contributed by atoms with Crippen molar-refractivity contribution in [2.45, 2.75) is 51.3 Å². The standard InChI is InChI=1S/C20H28N2O2/c1-15-11-22(14-20(15,24)18-7-4-8-18)19(23)9-10-21-12-16-5-2-3-6-17(16)13-21/h2-3,5-6,15,18,24H,4,7-14H2,1H3/t15-,20+/m1/s1. The minimum atomic E-state index is -0.641. The van der Waals surface area contributed by atoms with Crippen LogP contribution in [0.5, 0.6) is 0 Å². The van der Waals surface area contributed by atoms with Crippen molar-refractivity contribution in [2.75, 3.05) is 19.6 Å². The maximum Gasteiger partial charge on any atom is 0.223 e. The van der Waals surface area contributed by atoms with Crippen molar-refractivity contribution in [1.29, 1.82) is 0 Å². The zero-order valence-corrected chi connectivity index (χ0v) is 14.6. The number of β-amino-alcohol motifs (C(OH)–C–C–N with tert-alkyl or cyclic N) is 1. The fourth-order valence-corrected chi connectivity index (χ4v) is 4.62. The largest absolute Gasteiger partial charge is 0.387 e. The molecule has 2 aliphatic heterocycles. The van der Waals surface area contributed by atoms with E-state index in [-0.39, 0.29) is 11.8 Å². The molecule has 2 heterocycles. The lowest BCUT2D eigenvalue weighted by molar-refractivity contribution is -0.132. The van der Waals surface area contributed by atoms with Crippen molar-refractivity contribution in [3.8, 4) is 0 Å². The molecule has 1 saturated heterocycles. The van der Waals surface area contributed by atoms with E-state index in [0.717, 1.165) is 32.5 Å². The SMILES string of the molecule is C[C@@H]1CN(C(=O)CCN2Cc3ccccc3C2)C[C@@]1(O)C1CCC1. The van der Waals surface area contributed by atoms with Crippen LogP contribution in [0.15, 0.2) is 24.3 Å². The van der Waals surface area contributed by atoms with Crippen LogP contribution in [0.25, 0.3) is 0 Å². The first-order valence-electron chi connectivity index (χ1n) is 9.35. The van der Waals surface area contributed by atoms with Gasteiger partial charge in [-0.1, -0.05) is 37.6 Å². The predicted octanol–water partition coefficient (Wildman–Crippen LogP) is 2.40. The first-order chi connectivity index (χ1) is 11.6. The van der Waals surface area contributed by atoms with E-state index in [2.05, 4.69) is 36.1 Å². The third kappa shape index (κ3) is 2.76. The normalized spacial score (nSPS) is 30.4. The molecule has 24 heavy (non-hydrogen) atoms. The van der Waals surface area contributed by atoms with Crippen LogP contribution in [-0.2, 0) is 17.9 Å². The van der Waals surface area contributed by atoms with Crippen LogP contribution in [0.3, 0.4) is 0 Å². The summed E-state index contributed by atoms with van der Waals surface area (Å²) in [6, 6.07) is 8.52. The molecule has 1 aromatic rings. The summed E-state index contributed by atoms with van der Waals surface area (Å²) in [6.45, 7) is 6.06. The van der Waals surface area contributed by atoms with Crippen LogP contribution in [0.1, 0.15) is 43.7 Å². The zero-order valence-electron chi connectivity index (χ0n) is 14.6. The van der Waals surface area contributed by atoms with Crippen molar-refractivity contribution >= 4 is 5.91 Å². The van der Waals surface area contributed by atoms with Gasteiger partial charge in [0.1, 0.15) is 0 Å². The number of amides is 1. The molecule has 0 bridgehead atoms. The summed E-state index contributed by atoms with van der Waals surface area (Å²) >= 11 is 0. The van der Waals surface area contributed by atoms with Crippen LogP contribution in [-0.4, -0.2) is 46.0 Å². The fourth-order valence-electron chi connectivity index (χ4n) is 4.62. The topological polar surface area (TPSA) is 43.8 Å². The highest BCUT2D eigenvalue weighted by molar-refractivity contribution is 5.77. The Balaban J connectivity index is 1.30. The summed E-state index contributed by atoms with van der Waals surface area (Å²) in [5.41, 5.74) is 2.14. The minimum absolute atomic E-state index is 0.197. The van der Waals surface area contributed by atoms with Crippen LogP contribution in [0.4, 0.5) is 0 Å². The molecule has 4 heteroatoms. The second-order valence-electron chi connectivity index (χ2n) is 8.02. The van der Waals surface area contributed by atoms with Crippen molar-refractivity contribution in [2.24, 2.45) is 11.8 Å². The lowest BCUT2D eigenvalue weighted by Crippen LogP contribution is -2.48. The number of likely N-dealkylation sites (tertiary alicyclic amines) is 1. The Labute approximate surface area is 144 Å². The van der Waals surface area contributed by atoms with Gasteiger partial charge in [0, 0.05) is 45.1 Å². The Bertz CT molecular complexity index is 603. The summed E-state index contributed by atoms with van der Waals surface area (Å²) in [6.07, 6.45) is 4.02. The van der Waals surface area contributed by atoms with Crippen molar-refractivity contribution in [1.82, 2.24) is 9.80 Å². The number of aliphatic hydroxyl groups is 1. The molecule has 1 N–H and O–H groups in total. The van der Waals surface area contributed by atoms with Gasteiger partial charge in [-0.3, -0.25) is 9.69 Å². The monoisotopic (exact) mass is 328 g/mol. The molecule has 0 spiro atoms. The van der Waals surface area contributed by atoms with Gasteiger partial charge in [0.05, 0.1) is 5.60 Å². The summed E-state index contributed by atoms with van der Waals surface area (Å²) < 4.78 is 0. The smallest absolute Gasteiger partial charge is 0.223 e. The second kappa shape index (κ2) is 6.16. The molecule has 4 rings (SSSR count). The van der Waals surface area contributed by atoms with Gasteiger partial charge in [-0.25, -0.2) is 0 Å². The van der Waals surface area contributed by atoms with E-state index in [1.165, 1.54) is 17.5 Å². The van der Waals surface area contributed by atoms with Crippen molar-refractivity contribution in [3.05, 3.63) is 35.4 Å². The van der Waals surface area contributed by atoms with Crippen LogP contribution in [0, 0.1) is 11.8 Å². The summed E-state index contributed by atoms with van der Waals surface area (Å²) in [7, 11) is 0. The number of hydrogen-bond donors (Lipinski definition) is 1. The Hall–Kier alpha value is -1.39. The van der Waals surface area contributed by atoms with Gasteiger partial charge >= 0.3 is 0 Å². The third-order valence-corrected chi connectivity index (χ3v) is 6.50. The summed E-state index contributed by atoms with van der Waals surface area (Å²) in [4.78, 5) is 16.9. The average molecular weight is 328 g/mol. The molecular formula is C20H28N2O2. The van der Waals surface area contributed by atoms with E-state index in [1.807, 2.05) is 4.90 Å². The van der Waals surface area contributed by atoms with E-state index in [1.54, 1.807) is 0 Å². The Morgan fingerprint density at radius 1 is 1.25 bits per heavy atom. The first kappa shape index (κ1) is 16.1. The highest BCUT2D eigenvalue weighted by Crippen LogP contribution is 2.44. The Kier molecular flexibility index (Phi) is 4.13. The first-order valence-corrected chi connectivity index (χ1v) is 9.35. The molecule has 0 aromatic heterocycles. The lowest BCUT2D eigenvalue weighted by Gasteiger charge is -2.41. The van der Waals surface area contributed by atoms with Crippen LogP contribution >= 0.6 is 0 Å². The molecule has 4 nitrogen and oxygen atoms in total. The van der Waals surface area contributed by atoms with Gasteiger partial charge in [0.25, 0.3) is 0 Å². The Morgan fingerprint density at radius 3 is 2.50 bits per heavy atom. The van der Waals surface area contributed by atoms with Gasteiger partial charge in [0.2, 0.25) is 5.91 Å². The van der Waals surface area contributed by atoms with E-state index < -0.39 is 5.60 Å². The highest BCUT2D eigenvalue weighted by Gasteiger charge is 2.50. The maximum atomic E-state index is 12.6. The van der Waals surface area contributed by atoms with E-state index in [9.17, 15) is 9.90 Å². The molecule has 0 radical (unpaired) electrons. The lowest BCUT2D eigenvalue weighted by atomic mass is 9.69. The molecule has 1 aliphatic carbocycles. The number of benzene rings is 1. The summed E-state index contributed by atoms with van der Waals surface area (Å²) in [5.74, 6) is 0.800. The average Bonchev–Trinajstić information content (AvgIpc) is 3.04. The second-order valence-corrected chi connectivity index (χ2v) is 8.02. The number of carbonyl (C=O) groups is 1. The molecule has 130 valence electrons. The van der Waals surface area contributed by atoms with Gasteiger partial charge in [-0.05, 0) is 29.9 Å². The maximum absolute atomic E-state index is 12.6. The van der Waals surface area contributed by atoms with Gasteiger partial charge in [-0.15, -0.1) is 0 Å². The van der Waals surface area contributed by atoms with Crippen molar-refractivity contribution < 1.29 is 9.90 Å². The van der Waals surface area contributed by atoms with Crippen molar-refractivity contribution in [3.63, 3.8) is 0 Å². The number of hydrogen-bond acceptors (Lipinski definition) is 3. The highest BCUT2D eigenvalue weighted by atomic mass is 16.3. The molecular weight excluding hydrogens is 300 g/mol. The minimum Gasteiger partial charge on any atom is -0.387 e. The van der Waals surface area contributed by atoms with Gasteiger partial charge in [-0.2, -0.15) is 0 Å². The number of carbonyl (C=O) groups excluding carboxylic acids is 1. The van der Waals surface area contributed by atoms with E-state index >= 15 is 0 Å². The number of rotatable bonds is 4. The molecule has 2 fully saturated rings. The molecule has 2 atom stereocenters. The van der Waals surface area contributed by atoms with Gasteiger partial charge < -0.3 is 10.0 Å². The molecule has 1 saturated carbocycles. The predicted molar refractivity (Wildman–Crippen MR) is 93.2 cm³/mol. The number of fused-ring (bicyclic) bond motifs is 1. The molecule has 1 aromatic carbocycles. The van der Waals surface area contributed by atoms with Crippen LogP contribution in [0.2, 0.25) is 0 Å². The fraction of sp³-hybridized carbons (Fsp3) is 0.650. The number of nitrogens with zero attached hydrogens (tertiary/aromatic N) is 2. The Morgan fingerprint density at radius 2 is 1.92 bits per heavy atom. The van der Waals surface area contributed by atoms with E-state index in [0.29, 0.717) is 25.4 Å². The van der Waals surface area contributed by atoms with E-state index in [4.69, 9.17) is 0 Å². The third-order valence-electron chi connectivity index (χ3n) is 6.50.